The molecule has 34 heavy (non-hydrogen) atoms. The first-order valence-corrected chi connectivity index (χ1v) is 11.3. The largest absolute Gasteiger partial charge is 0.508 e. The predicted octanol–water partition coefficient (Wildman–Crippen LogP) is 5.52. The molecule has 0 bridgehead atoms. The zero-order valence-corrected chi connectivity index (χ0v) is 18.5. The highest BCUT2D eigenvalue weighted by molar-refractivity contribution is 7.17. The van der Waals surface area contributed by atoms with Crippen LogP contribution >= 0.6 is 11.3 Å². The van der Waals surface area contributed by atoms with Crippen LogP contribution in [0.3, 0.4) is 0 Å². The van der Waals surface area contributed by atoms with Crippen LogP contribution in [-0.2, 0) is 0 Å². The van der Waals surface area contributed by atoms with E-state index < -0.39 is 11.9 Å². The maximum atomic E-state index is 14.5. The van der Waals surface area contributed by atoms with Gasteiger partial charge in [-0.25, -0.2) is 9.40 Å². The summed E-state index contributed by atoms with van der Waals surface area (Å²) in [6, 6.07) is 19.5. The standard InChI is InChI=1S/C26H17FN4O2S/c27-20-12-16(14-28)7-8-18(20)24-9-10-25(34-24)26(33)31-22(19-5-1-2-6-23(19)32)13-21(30-31)17-4-3-11-29-15-17/h1-12,15,22,32H,13H2. The average molecular weight is 469 g/mol. The van der Waals surface area contributed by atoms with Gasteiger partial charge in [0.05, 0.1) is 28.3 Å². The number of benzene rings is 2. The Hall–Kier alpha value is -4.35. The van der Waals surface area contributed by atoms with Crippen LogP contribution in [0.2, 0.25) is 0 Å². The van der Waals surface area contributed by atoms with Gasteiger partial charge >= 0.3 is 0 Å². The molecular weight excluding hydrogens is 451 g/mol. The summed E-state index contributed by atoms with van der Waals surface area (Å²) in [6.45, 7) is 0. The van der Waals surface area contributed by atoms with E-state index >= 15 is 0 Å². The highest BCUT2D eigenvalue weighted by Crippen LogP contribution is 2.39. The molecule has 1 aliphatic heterocycles. The Balaban J connectivity index is 1.51. The second-order valence-electron chi connectivity index (χ2n) is 7.69. The molecule has 6 nitrogen and oxygen atoms in total. The van der Waals surface area contributed by atoms with Crippen LogP contribution in [-0.4, -0.2) is 26.7 Å². The van der Waals surface area contributed by atoms with Crippen LogP contribution in [0.25, 0.3) is 10.4 Å². The number of phenolic OH excluding ortho intramolecular Hbond substituents is 1. The van der Waals surface area contributed by atoms with Crippen LogP contribution in [0, 0.1) is 17.1 Å². The van der Waals surface area contributed by atoms with Crippen molar-refractivity contribution in [1.29, 1.82) is 5.26 Å². The molecule has 5 rings (SSSR count). The third-order valence-electron chi connectivity index (χ3n) is 5.59. The van der Waals surface area contributed by atoms with Gasteiger partial charge in [-0.05, 0) is 42.5 Å². The molecule has 0 radical (unpaired) electrons. The average Bonchev–Trinajstić information content (AvgIpc) is 3.52. The zero-order valence-electron chi connectivity index (χ0n) is 17.7. The molecule has 1 aliphatic rings. The van der Waals surface area contributed by atoms with Gasteiger partial charge in [0.15, 0.2) is 0 Å². The minimum Gasteiger partial charge on any atom is -0.508 e. The second kappa shape index (κ2) is 8.89. The Bertz CT molecular complexity index is 1460. The lowest BCUT2D eigenvalue weighted by atomic mass is 9.98. The summed E-state index contributed by atoms with van der Waals surface area (Å²) < 4.78 is 14.5. The Morgan fingerprint density at radius 1 is 1.15 bits per heavy atom. The second-order valence-corrected chi connectivity index (χ2v) is 8.77. The van der Waals surface area contributed by atoms with Gasteiger partial charge in [-0.15, -0.1) is 11.3 Å². The van der Waals surface area contributed by atoms with Gasteiger partial charge in [0, 0.05) is 40.4 Å². The van der Waals surface area contributed by atoms with E-state index in [0.717, 1.165) is 16.9 Å². The summed E-state index contributed by atoms with van der Waals surface area (Å²) >= 11 is 1.15. The van der Waals surface area contributed by atoms with Gasteiger partial charge in [0.25, 0.3) is 5.91 Å². The Labute approximate surface area is 198 Å². The summed E-state index contributed by atoms with van der Waals surface area (Å²) in [7, 11) is 0. The van der Waals surface area contributed by atoms with Crippen LogP contribution in [0.1, 0.15) is 38.8 Å². The summed E-state index contributed by atoms with van der Waals surface area (Å²) in [5.74, 6) is -0.790. The third-order valence-corrected chi connectivity index (χ3v) is 6.70. The lowest BCUT2D eigenvalue weighted by Crippen LogP contribution is -2.26. The normalized spacial score (nSPS) is 15.1. The fourth-order valence-electron chi connectivity index (χ4n) is 3.91. The summed E-state index contributed by atoms with van der Waals surface area (Å²) in [5.41, 5.74) is 2.62. The maximum Gasteiger partial charge on any atom is 0.284 e. The SMILES string of the molecule is N#Cc1ccc(-c2ccc(C(=O)N3N=C(c4cccnc4)CC3c3ccccc3O)s2)c(F)c1. The lowest BCUT2D eigenvalue weighted by Gasteiger charge is -2.22. The number of aromatic nitrogens is 1. The molecule has 0 aliphatic carbocycles. The molecule has 0 spiro atoms. The van der Waals surface area contributed by atoms with Crippen LogP contribution < -0.4 is 0 Å². The molecule has 4 aromatic rings. The Morgan fingerprint density at radius 3 is 2.74 bits per heavy atom. The molecule has 1 N–H and O–H groups in total. The number of rotatable bonds is 4. The molecule has 0 saturated carbocycles. The molecule has 2 aromatic heterocycles. The number of nitriles is 1. The number of carbonyl (C=O) groups is 1. The number of phenols is 1. The molecule has 1 atom stereocenters. The Kier molecular flexibility index (Phi) is 5.62. The fraction of sp³-hybridized carbons (Fsp3) is 0.0769. The van der Waals surface area contributed by atoms with E-state index in [-0.39, 0.29) is 17.2 Å². The van der Waals surface area contributed by atoms with Gasteiger partial charge < -0.3 is 5.11 Å². The predicted molar refractivity (Wildman–Crippen MR) is 127 cm³/mol. The van der Waals surface area contributed by atoms with E-state index in [0.29, 0.717) is 33.0 Å². The first kappa shape index (κ1) is 21.5. The van der Waals surface area contributed by atoms with Crippen molar-refractivity contribution in [3.63, 3.8) is 0 Å². The molecule has 0 saturated heterocycles. The first-order chi connectivity index (χ1) is 16.5. The van der Waals surface area contributed by atoms with Crippen LogP contribution in [0.5, 0.6) is 5.75 Å². The van der Waals surface area contributed by atoms with Gasteiger partial charge in [-0.3, -0.25) is 9.78 Å². The van der Waals surface area contributed by atoms with E-state index in [1.165, 1.54) is 17.1 Å². The third kappa shape index (κ3) is 3.93. The van der Waals surface area contributed by atoms with E-state index in [2.05, 4.69) is 10.1 Å². The smallest absolute Gasteiger partial charge is 0.284 e. The number of hydrogen-bond donors (Lipinski definition) is 1. The summed E-state index contributed by atoms with van der Waals surface area (Å²) in [5, 5.41) is 25.4. The molecule has 166 valence electrons. The Morgan fingerprint density at radius 2 is 2.00 bits per heavy atom. The van der Waals surface area contributed by atoms with Gasteiger partial charge in [-0.1, -0.05) is 24.3 Å². The number of halogens is 1. The van der Waals surface area contributed by atoms with Crippen LogP contribution in [0.4, 0.5) is 4.39 Å². The molecule has 3 heterocycles. The van der Waals surface area contributed by atoms with Crippen molar-refractivity contribution in [1.82, 2.24) is 9.99 Å². The number of thiophene rings is 1. The molecular formula is C26H17FN4O2S. The summed E-state index contributed by atoms with van der Waals surface area (Å²) in [6.07, 6.45) is 3.76. The highest BCUT2D eigenvalue weighted by Gasteiger charge is 2.35. The number of amides is 1. The van der Waals surface area contributed by atoms with E-state index in [9.17, 15) is 14.3 Å². The fourth-order valence-corrected chi connectivity index (χ4v) is 4.88. The highest BCUT2D eigenvalue weighted by atomic mass is 32.1. The molecule has 1 unspecified atom stereocenters. The summed E-state index contributed by atoms with van der Waals surface area (Å²) in [4.78, 5) is 18.6. The number of nitrogens with zero attached hydrogens (tertiary/aromatic N) is 4. The number of carbonyl (C=O) groups excluding carboxylic acids is 1. The van der Waals surface area contributed by atoms with Gasteiger partial charge in [0.1, 0.15) is 11.6 Å². The van der Waals surface area contributed by atoms with Crippen LogP contribution in [0.15, 0.2) is 84.2 Å². The van der Waals surface area contributed by atoms with Crippen molar-refractivity contribution in [3.05, 3.63) is 107 Å². The van der Waals surface area contributed by atoms with Crippen molar-refractivity contribution in [3.8, 4) is 22.3 Å². The van der Waals surface area contributed by atoms with Crippen molar-refractivity contribution < 1.29 is 14.3 Å². The molecule has 8 heteroatoms. The first-order valence-electron chi connectivity index (χ1n) is 10.4. The molecule has 2 aromatic carbocycles. The van der Waals surface area contributed by atoms with E-state index in [1.807, 2.05) is 12.1 Å². The van der Waals surface area contributed by atoms with Crippen molar-refractivity contribution in [2.45, 2.75) is 12.5 Å². The van der Waals surface area contributed by atoms with Crippen molar-refractivity contribution in [2.24, 2.45) is 5.10 Å². The molecule has 0 fully saturated rings. The van der Waals surface area contributed by atoms with Crippen molar-refractivity contribution >= 4 is 23.0 Å². The topological polar surface area (TPSA) is 89.6 Å². The number of para-hydroxylation sites is 1. The molecule has 1 amide bonds. The quantitative estimate of drug-likeness (QED) is 0.427. The monoisotopic (exact) mass is 468 g/mol. The maximum absolute atomic E-state index is 14.5. The number of pyridine rings is 1. The van der Waals surface area contributed by atoms with Gasteiger partial charge in [-0.2, -0.15) is 10.4 Å². The van der Waals surface area contributed by atoms with Gasteiger partial charge in [0.2, 0.25) is 0 Å². The minimum atomic E-state index is -0.523. The van der Waals surface area contributed by atoms with Crippen molar-refractivity contribution in [2.75, 3.05) is 0 Å². The number of aromatic hydroxyl groups is 1. The lowest BCUT2D eigenvalue weighted by molar-refractivity contribution is 0.0714. The zero-order chi connectivity index (χ0) is 23.7. The van der Waals surface area contributed by atoms with E-state index in [4.69, 9.17) is 5.26 Å². The minimum absolute atomic E-state index is 0.0828. The van der Waals surface area contributed by atoms with E-state index in [1.54, 1.807) is 60.9 Å². The number of hydrazone groups is 1. The number of hydrogen-bond acceptors (Lipinski definition) is 6.